The van der Waals surface area contributed by atoms with Crippen LogP contribution in [0.2, 0.25) is 0 Å². The number of benzene rings is 1. The van der Waals surface area contributed by atoms with Crippen LogP contribution in [0.25, 0.3) is 0 Å². The van der Waals surface area contributed by atoms with Gasteiger partial charge in [-0.3, -0.25) is 0 Å². The summed E-state index contributed by atoms with van der Waals surface area (Å²) in [6.45, 7) is 2.99. The first-order chi connectivity index (χ1) is 6.90. The Labute approximate surface area is 85.7 Å². The van der Waals surface area contributed by atoms with Gasteiger partial charge in [0.05, 0.1) is 0 Å². The molecule has 1 aromatic carbocycles. The van der Waals surface area contributed by atoms with E-state index in [1.165, 1.54) is 17.7 Å². The van der Waals surface area contributed by atoms with Gasteiger partial charge in [0.2, 0.25) is 0 Å². The lowest BCUT2D eigenvalue weighted by Gasteiger charge is -2.17. The van der Waals surface area contributed by atoms with E-state index in [1.807, 2.05) is 0 Å². The third-order valence-electron chi connectivity index (χ3n) is 2.69. The lowest BCUT2D eigenvalue weighted by Crippen LogP contribution is -2.17. The van der Waals surface area contributed by atoms with Crippen LogP contribution >= 0.6 is 0 Å². The minimum atomic E-state index is 0.733. The minimum Gasteiger partial charge on any atom is -0.371 e. The number of anilines is 1. The number of hydrogen-bond donors (Lipinski definition) is 1. The fourth-order valence-corrected chi connectivity index (χ4v) is 1.86. The molecule has 14 heavy (non-hydrogen) atoms. The highest BCUT2D eigenvalue weighted by Gasteiger charge is 2.11. The summed E-state index contributed by atoms with van der Waals surface area (Å²) in [5, 5.41) is 0. The Bertz CT molecular complexity index is 273. The Morgan fingerprint density at radius 2 is 2.00 bits per heavy atom. The monoisotopic (exact) mass is 189 g/mol. The third kappa shape index (κ3) is 2.07. The van der Waals surface area contributed by atoms with E-state index in [4.69, 9.17) is 5.73 Å². The Morgan fingerprint density at radius 1 is 1.21 bits per heavy atom. The fraction of sp³-hybridized carbons (Fsp3) is 0.417. The lowest BCUT2D eigenvalue weighted by molar-refractivity contribution is 0.953. The molecule has 2 N–H and O–H groups in total. The molecule has 0 spiro atoms. The first kappa shape index (κ1) is 9.53. The summed E-state index contributed by atoms with van der Waals surface area (Å²) in [5.41, 5.74) is 8.17. The predicted octanol–water partition coefficient (Wildman–Crippen LogP) is 1.60. The van der Waals surface area contributed by atoms with Crippen molar-refractivity contribution in [3.63, 3.8) is 0 Å². The minimum absolute atomic E-state index is 0.733. The average molecular weight is 189 g/mol. The van der Waals surface area contributed by atoms with Gasteiger partial charge in [0.15, 0.2) is 0 Å². The molecular formula is C12H17N2. The highest BCUT2D eigenvalue weighted by molar-refractivity contribution is 5.49. The van der Waals surface area contributed by atoms with E-state index in [0.29, 0.717) is 0 Å². The Kier molecular flexibility index (Phi) is 3.04. The second kappa shape index (κ2) is 4.47. The van der Waals surface area contributed by atoms with Crippen LogP contribution in [0.15, 0.2) is 24.3 Å². The van der Waals surface area contributed by atoms with Crippen LogP contribution in [-0.2, 0) is 6.42 Å². The SMILES string of the molecule is NCCc1ccc(N2C[CH]CC2)cc1. The highest BCUT2D eigenvalue weighted by Crippen LogP contribution is 2.19. The molecule has 2 nitrogen and oxygen atoms in total. The topological polar surface area (TPSA) is 29.3 Å². The normalized spacial score (nSPS) is 16.2. The molecule has 1 radical (unpaired) electrons. The van der Waals surface area contributed by atoms with Gasteiger partial charge in [-0.1, -0.05) is 12.1 Å². The quantitative estimate of drug-likeness (QED) is 0.782. The standard InChI is InChI=1S/C12H17N2/c13-8-7-11-3-5-12(6-4-11)14-9-1-2-10-14/h1,3-6H,2,7-10,13H2. The van der Waals surface area contributed by atoms with Crippen molar-refractivity contribution in [1.82, 2.24) is 0 Å². The highest BCUT2D eigenvalue weighted by atomic mass is 15.1. The van der Waals surface area contributed by atoms with Gasteiger partial charge in [-0.25, -0.2) is 0 Å². The maximum Gasteiger partial charge on any atom is 0.0366 e. The fourth-order valence-electron chi connectivity index (χ4n) is 1.86. The van der Waals surface area contributed by atoms with Crippen LogP contribution in [0.4, 0.5) is 5.69 Å². The first-order valence-electron chi connectivity index (χ1n) is 5.26. The number of nitrogens with two attached hydrogens (primary N) is 1. The van der Waals surface area contributed by atoms with E-state index in [2.05, 4.69) is 35.6 Å². The Hall–Kier alpha value is -1.02. The van der Waals surface area contributed by atoms with Crippen molar-refractivity contribution >= 4 is 5.69 Å². The summed E-state index contributed by atoms with van der Waals surface area (Å²) in [7, 11) is 0. The molecule has 2 heteroatoms. The third-order valence-corrected chi connectivity index (χ3v) is 2.69. The molecule has 1 aromatic rings. The molecule has 0 unspecified atom stereocenters. The van der Waals surface area contributed by atoms with Gasteiger partial charge < -0.3 is 10.6 Å². The summed E-state index contributed by atoms with van der Waals surface area (Å²) in [6, 6.07) is 8.76. The van der Waals surface area contributed by atoms with E-state index in [1.54, 1.807) is 0 Å². The smallest absolute Gasteiger partial charge is 0.0366 e. The zero-order valence-corrected chi connectivity index (χ0v) is 8.45. The van der Waals surface area contributed by atoms with Crippen LogP contribution in [0.1, 0.15) is 12.0 Å². The molecule has 0 aromatic heterocycles. The Balaban J connectivity index is 2.05. The van der Waals surface area contributed by atoms with Gasteiger partial charge in [-0.05, 0) is 43.5 Å². The summed E-state index contributed by atoms with van der Waals surface area (Å²) < 4.78 is 0. The molecule has 75 valence electrons. The largest absolute Gasteiger partial charge is 0.371 e. The molecule has 2 rings (SSSR count). The second-order valence-electron chi connectivity index (χ2n) is 3.73. The summed E-state index contributed by atoms with van der Waals surface area (Å²) >= 11 is 0. The van der Waals surface area contributed by atoms with E-state index in [9.17, 15) is 0 Å². The van der Waals surface area contributed by atoms with Gasteiger partial charge >= 0.3 is 0 Å². The Morgan fingerprint density at radius 3 is 2.57 bits per heavy atom. The zero-order valence-electron chi connectivity index (χ0n) is 8.45. The molecular weight excluding hydrogens is 172 g/mol. The molecule has 1 saturated heterocycles. The van der Waals surface area contributed by atoms with Gasteiger partial charge in [-0.2, -0.15) is 0 Å². The molecule has 0 atom stereocenters. The molecule has 0 saturated carbocycles. The van der Waals surface area contributed by atoms with Crippen LogP contribution in [-0.4, -0.2) is 19.6 Å². The van der Waals surface area contributed by atoms with Gasteiger partial charge in [-0.15, -0.1) is 0 Å². The van der Waals surface area contributed by atoms with Crippen LogP contribution in [0.5, 0.6) is 0 Å². The number of hydrogen-bond acceptors (Lipinski definition) is 2. The van der Waals surface area contributed by atoms with Crippen molar-refractivity contribution in [2.45, 2.75) is 12.8 Å². The molecule has 0 amide bonds. The van der Waals surface area contributed by atoms with Crippen molar-refractivity contribution in [3.8, 4) is 0 Å². The van der Waals surface area contributed by atoms with E-state index in [0.717, 1.165) is 26.1 Å². The number of rotatable bonds is 3. The molecule has 1 heterocycles. The summed E-state index contributed by atoms with van der Waals surface area (Å²) in [6.07, 6.45) is 4.52. The van der Waals surface area contributed by atoms with Gasteiger partial charge in [0, 0.05) is 18.8 Å². The van der Waals surface area contributed by atoms with Crippen LogP contribution < -0.4 is 10.6 Å². The predicted molar refractivity (Wildman–Crippen MR) is 60.3 cm³/mol. The summed E-state index contributed by atoms with van der Waals surface area (Å²) in [4.78, 5) is 2.40. The molecule has 1 fully saturated rings. The van der Waals surface area contributed by atoms with Crippen molar-refractivity contribution in [1.29, 1.82) is 0 Å². The molecule has 1 aliphatic heterocycles. The van der Waals surface area contributed by atoms with Crippen molar-refractivity contribution in [2.75, 3.05) is 24.5 Å². The zero-order chi connectivity index (χ0) is 9.80. The van der Waals surface area contributed by atoms with E-state index in [-0.39, 0.29) is 0 Å². The van der Waals surface area contributed by atoms with Crippen LogP contribution in [0, 0.1) is 6.42 Å². The van der Waals surface area contributed by atoms with Gasteiger partial charge in [0.1, 0.15) is 0 Å². The average Bonchev–Trinajstić information content (AvgIpc) is 2.72. The maximum absolute atomic E-state index is 5.51. The second-order valence-corrected chi connectivity index (χ2v) is 3.73. The van der Waals surface area contributed by atoms with Gasteiger partial charge in [0.25, 0.3) is 0 Å². The molecule has 0 bridgehead atoms. The first-order valence-corrected chi connectivity index (χ1v) is 5.26. The maximum atomic E-state index is 5.51. The molecule has 0 aliphatic carbocycles. The summed E-state index contributed by atoms with van der Waals surface area (Å²) in [5.74, 6) is 0. The van der Waals surface area contributed by atoms with E-state index >= 15 is 0 Å². The number of nitrogens with zero attached hydrogens (tertiary/aromatic N) is 1. The lowest BCUT2D eigenvalue weighted by atomic mass is 10.1. The molecule has 1 aliphatic rings. The van der Waals surface area contributed by atoms with E-state index < -0.39 is 0 Å². The van der Waals surface area contributed by atoms with Crippen molar-refractivity contribution in [3.05, 3.63) is 36.2 Å². The van der Waals surface area contributed by atoms with Crippen molar-refractivity contribution < 1.29 is 0 Å². The van der Waals surface area contributed by atoms with Crippen molar-refractivity contribution in [2.24, 2.45) is 5.73 Å². The van der Waals surface area contributed by atoms with Crippen LogP contribution in [0.3, 0.4) is 0 Å².